The summed E-state index contributed by atoms with van der Waals surface area (Å²) in [6.07, 6.45) is 0. The molecule has 2 heterocycles. The summed E-state index contributed by atoms with van der Waals surface area (Å²) in [6.45, 7) is 0.0851. The predicted octanol–water partition coefficient (Wildman–Crippen LogP) is 5.46. The number of aliphatic hydroxyl groups excluding tert-OH is 1. The maximum Gasteiger partial charge on any atom is 0.300 e. The van der Waals surface area contributed by atoms with E-state index in [2.05, 4.69) is 15.9 Å². The van der Waals surface area contributed by atoms with Crippen LogP contribution < -0.4 is 14.4 Å². The Morgan fingerprint density at radius 1 is 0.969 bits per heavy atom. The molecule has 32 heavy (non-hydrogen) atoms. The van der Waals surface area contributed by atoms with Crippen LogP contribution in [0, 0.1) is 0 Å². The van der Waals surface area contributed by atoms with Gasteiger partial charge in [-0.25, -0.2) is 0 Å². The van der Waals surface area contributed by atoms with Crippen molar-refractivity contribution in [2.75, 3.05) is 11.7 Å². The van der Waals surface area contributed by atoms with E-state index in [9.17, 15) is 14.7 Å². The van der Waals surface area contributed by atoms with Crippen LogP contribution in [0.4, 0.5) is 5.69 Å². The van der Waals surface area contributed by atoms with Gasteiger partial charge in [-0.1, -0.05) is 51.8 Å². The van der Waals surface area contributed by atoms with Crippen molar-refractivity contribution < 1.29 is 24.2 Å². The van der Waals surface area contributed by atoms with Gasteiger partial charge in [0.15, 0.2) is 11.5 Å². The van der Waals surface area contributed by atoms with Crippen molar-refractivity contribution in [1.82, 2.24) is 0 Å². The maximum atomic E-state index is 13.2. The molecule has 8 heteroatoms. The highest BCUT2D eigenvalue weighted by Gasteiger charge is 2.47. The highest BCUT2D eigenvalue weighted by molar-refractivity contribution is 9.10. The van der Waals surface area contributed by atoms with E-state index < -0.39 is 17.7 Å². The second-order valence-corrected chi connectivity index (χ2v) is 8.62. The van der Waals surface area contributed by atoms with Gasteiger partial charge in [0.1, 0.15) is 5.76 Å². The molecule has 2 aliphatic rings. The molecular formula is C24H15BrClNO5. The summed E-state index contributed by atoms with van der Waals surface area (Å²) in [5.74, 6) is -0.736. The van der Waals surface area contributed by atoms with Crippen molar-refractivity contribution >= 4 is 50.7 Å². The topological polar surface area (TPSA) is 76.1 Å². The lowest BCUT2D eigenvalue weighted by Crippen LogP contribution is -2.29. The molecule has 1 N–H and O–H groups in total. The van der Waals surface area contributed by atoms with E-state index in [1.807, 2.05) is 0 Å². The third-order valence-corrected chi connectivity index (χ3v) is 6.16. The van der Waals surface area contributed by atoms with Crippen LogP contribution in [0.25, 0.3) is 5.76 Å². The number of ketones is 1. The predicted molar refractivity (Wildman–Crippen MR) is 123 cm³/mol. The number of carbonyl (C=O) groups is 2. The summed E-state index contributed by atoms with van der Waals surface area (Å²) in [5, 5.41) is 11.6. The zero-order chi connectivity index (χ0) is 22.4. The SMILES string of the molecule is O=C1C(=O)N(c2ccc3c(c2)OCO3)C(c2ccc(Cl)cc2)/C1=C(\O)c1ccc(Br)cc1. The van der Waals surface area contributed by atoms with Crippen LogP contribution in [0.2, 0.25) is 5.02 Å². The molecule has 5 rings (SSSR count). The molecule has 1 atom stereocenters. The zero-order valence-electron chi connectivity index (χ0n) is 16.4. The summed E-state index contributed by atoms with van der Waals surface area (Å²) >= 11 is 9.42. The van der Waals surface area contributed by atoms with Gasteiger partial charge in [-0.3, -0.25) is 14.5 Å². The Bertz CT molecular complexity index is 1270. The molecule has 160 valence electrons. The van der Waals surface area contributed by atoms with Gasteiger partial charge < -0.3 is 14.6 Å². The molecule has 3 aromatic rings. The first-order valence-electron chi connectivity index (χ1n) is 9.66. The van der Waals surface area contributed by atoms with E-state index in [0.717, 1.165) is 4.47 Å². The second kappa shape index (κ2) is 8.00. The monoisotopic (exact) mass is 511 g/mol. The molecule has 0 bridgehead atoms. The molecule has 2 aliphatic heterocycles. The molecule has 1 unspecified atom stereocenters. The van der Waals surface area contributed by atoms with E-state index in [-0.39, 0.29) is 18.1 Å². The van der Waals surface area contributed by atoms with Gasteiger partial charge in [-0.2, -0.15) is 0 Å². The normalized spacial score (nSPS) is 18.9. The Hall–Kier alpha value is -3.29. The largest absolute Gasteiger partial charge is 0.507 e. The fraction of sp³-hybridized carbons (Fsp3) is 0.0833. The molecule has 1 fully saturated rings. The Kier molecular flexibility index (Phi) is 5.15. The standard InChI is InChI=1S/C24H15BrClNO5/c25-15-5-1-14(2-6-15)22(28)20-21(13-3-7-16(26)8-4-13)27(24(30)23(20)29)17-9-10-18-19(11-17)32-12-31-18/h1-11,21,28H,12H2/b22-20+. The van der Waals surface area contributed by atoms with Crippen molar-refractivity contribution in [3.8, 4) is 11.5 Å². The summed E-state index contributed by atoms with van der Waals surface area (Å²) in [4.78, 5) is 27.7. The van der Waals surface area contributed by atoms with Crippen LogP contribution in [0.3, 0.4) is 0 Å². The van der Waals surface area contributed by atoms with Crippen LogP contribution in [0.15, 0.2) is 76.8 Å². The quantitative estimate of drug-likeness (QED) is 0.287. The van der Waals surface area contributed by atoms with Crippen LogP contribution in [0.5, 0.6) is 11.5 Å². The molecule has 0 spiro atoms. The Morgan fingerprint density at radius 3 is 2.38 bits per heavy atom. The molecule has 3 aromatic carbocycles. The molecule has 0 aromatic heterocycles. The summed E-state index contributed by atoms with van der Waals surface area (Å²) < 4.78 is 11.6. The van der Waals surface area contributed by atoms with Crippen molar-refractivity contribution in [1.29, 1.82) is 0 Å². The van der Waals surface area contributed by atoms with E-state index in [1.54, 1.807) is 66.7 Å². The van der Waals surface area contributed by atoms with Crippen molar-refractivity contribution in [2.24, 2.45) is 0 Å². The van der Waals surface area contributed by atoms with Gasteiger partial charge in [0, 0.05) is 26.8 Å². The second-order valence-electron chi connectivity index (χ2n) is 7.27. The number of Topliss-reactive ketones (excluding diaryl/α,β-unsaturated/α-hetero) is 1. The first-order chi connectivity index (χ1) is 15.4. The number of benzene rings is 3. The average Bonchev–Trinajstić information content (AvgIpc) is 3.36. The first-order valence-corrected chi connectivity index (χ1v) is 10.8. The van der Waals surface area contributed by atoms with Crippen LogP contribution >= 0.6 is 27.5 Å². The van der Waals surface area contributed by atoms with E-state index in [1.165, 1.54) is 4.90 Å². The van der Waals surface area contributed by atoms with Gasteiger partial charge in [0.25, 0.3) is 11.7 Å². The van der Waals surface area contributed by atoms with E-state index in [4.69, 9.17) is 21.1 Å². The molecule has 1 saturated heterocycles. The molecule has 0 aliphatic carbocycles. The molecule has 0 radical (unpaired) electrons. The Labute approximate surface area is 196 Å². The minimum absolute atomic E-state index is 0.00249. The number of rotatable bonds is 3. The molecule has 1 amide bonds. The highest BCUT2D eigenvalue weighted by atomic mass is 79.9. The first kappa shape index (κ1) is 20.6. The number of amides is 1. The smallest absolute Gasteiger partial charge is 0.300 e. The van der Waals surface area contributed by atoms with Crippen molar-refractivity contribution in [3.63, 3.8) is 0 Å². The highest BCUT2D eigenvalue weighted by Crippen LogP contribution is 2.45. The van der Waals surface area contributed by atoms with Crippen LogP contribution in [0.1, 0.15) is 17.2 Å². The molecule has 6 nitrogen and oxygen atoms in total. The fourth-order valence-corrected chi connectivity index (χ4v) is 4.25. The fourth-order valence-electron chi connectivity index (χ4n) is 3.86. The minimum atomic E-state index is -0.851. The number of fused-ring (bicyclic) bond motifs is 1. The lowest BCUT2D eigenvalue weighted by atomic mass is 9.95. The number of ether oxygens (including phenoxy) is 2. The number of halogens is 2. The summed E-state index contributed by atoms with van der Waals surface area (Å²) in [7, 11) is 0. The lowest BCUT2D eigenvalue weighted by Gasteiger charge is -2.25. The maximum absolute atomic E-state index is 13.2. The number of hydrogen-bond acceptors (Lipinski definition) is 5. The number of aliphatic hydroxyl groups is 1. The number of carbonyl (C=O) groups excluding carboxylic acids is 2. The zero-order valence-corrected chi connectivity index (χ0v) is 18.8. The van der Waals surface area contributed by atoms with Gasteiger partial charge in [0.2, 0.25) is 6.79 Å². The van der Waals surface area contributed by atoms with Crippen molar-refractivity contribution in [3.05, 3.63) is 92.9 Å². The van der Waals surface area contributed by atoms with Gasteiger partial charge in [-0.15, -0.1) is 0 Å². The summed E-state index contributed by atoms with van der Waals surface area (Å²) in [5.41, 5.74) is 1.50. The number of nitrogens with zero attached hydrogens (tertiary/aromatic N) is 1. The third kappa shape index (κ3) is 3.43. The van der Waals surface area contributed by atoms with Gasteiger partial charge >= 0.3 is 0 Å². The van der Waals surface area contributed by atoms with E-state index in [0.29, 0.717) is 33.3 Å². The van der Waals surface area contributed by atoms with E-state index >= 15 is 0 Å². The van der Waals surface area contributed by atoms with Crippen LogP contribution in [-0.4, -0.2) is 23.6 Å². The van der Waals surface area contributed by atoms with Crippen molar-refractivity contribution in [2.45, 2.75) is 6.04 Å². The van der Waals surface area contributed by atoms with Crippen LogP contribution in [-0.2, 0) is 9.59 Å². The van der Waals surface area contributed by atoms with Gasteiger partial charge in [-0.05, 0) is 42.0 Å². The average molecular weight is 513 g/mol. The third-order valence-electron chi connectivity index (χ3n) is 5.38. The lowest BCUT2D eigenvalue weighted by molar-refractivity contribution is -0.132. The molecule has 0 saturated carbocycles. The minimum Gasteiger partial charge on any atom is -0.507 e. The van der Waals surface area contributed by atoms with Gasteiger partial charge in [0.05, 0.1) is 11.6 Å². The summed E-state index contributed by atoms with van der Waals surface area (Å²) in [6, 6.07) is 17.8. The number of hydrogen-bond donors (Lipinski definition) is 1. The Balaban J connectivity index is 1.70. The molecular weight excluding hydrogens is 498 g/mol. The Morgan fingerprint density at radius 2 is 1.66 bits per heavy atom. The number of anilines is 1.